The topological polar surface area (TPSA) is 62.0 Å². The first-order valence-corrected chi connectivity index (χ1v) is 8.50. The number of Topliss-reactive ketones (excluding diaryl/α,β-unsaturated/α-hetero) is 1. The molecule has 4 heteroatoms. The molecule has 25 heavy (non-hydrogen) atoms. The molecule has 0 aliphatic rings. The summed E-state index contributed by atoms with van der Waals surface area (Å²) in [4.78, 5) is 27.6. The molecule has 1 amide bonds. The lowest BCUT2D eigenvalue weighted by Gasteiger charge is -2.09. The number of carbonyl (C=O) groups excluding carboxylic acids is 2. The molecule has 1 heterocycles. The molecule has 3 rings (SSSR count). The molecule has 4 nitrogen and oxygen atoms in total. The van der Waals surface area contributed by atoms with Crippen molar-refractivity contribution in [3.63, 3.8) is 0 Å². The minimum Gasteiger partial charge on any atom is -0.354 e. The summed E-state index contributed by atoms with van der Waals surface area (Å²) in [5.41, 5.74) is 3.74. The average molecular weight is 334 g/mol. The van der Waals surface area contributed by atoms with Crippen molar-refractivity contribution in [3.05, 3.63) is 70.5 Å². The van der Waals surface area contributed by atoms with Gasteiger partial charge in [-0.3, -0.25) is 9.59 Å². The van der Waals surface area contributed by atoms with E-state index in [-0.39, 0.29) is 11.7 Å². The first-order valence-electron chi connectivity index (χ1n) is 8.50. The number of hydrogen-bond acceptors (Lipinski definition) is 2. The van der Waals surface area contributed by atoms with E-state index in [9.17, 15) is 9.59 Å². The minimum absolute atomic E-state index is 0.0151. The zero-order valence-corrected chi connectivity index (χ0v) is 14.8. The van der Waals surface area contributed by atoms with E-state index in [1.54, 1.807) is 0 Å². The van der Waals surface area contributed by atoms with Gasteiger partial charge in [-0.05, 0) is 42.2 Å². The van der Waals surface area contributed by atoms with Crippen LogP contribution in [0, 0.1) is 6.92 Å². The average Bonchev–Trinajstić information content (AvgIpc) is 2.96. The Bertz CT molecular complexity index is 948. The molecule has 0 aliphatic heterocycles. The van der Waals surface area contributed by atoms with Crippen molar-refractivity contribution in [1.29, 1.82) is 0 Å². The van der Waals surface area contributed by atoms with Crippen LogP contribution in [0.1, 0.15) is 51.5 Å². The van der Waals surface area contributed by atoms with Crippen molar-refractivity contribution in [2.24, 2.45) is 0 Å². The fourth-order valence-corrected chi connectivity index (χ4v) is 3.41. The third-order valence-electron chi connectivity index (χ3n) is 4.54. The van der Waals surface area contributed by atoms with Gasteiger partial charge in [0.2, 0.25) is 0 Å². The molecule has 1 aromatic heterocycles. The zero-order valence-electron chi connectivity index (χ0n) is 14.8. The van der Waals surface area contributed by atoms with Gasteiger partial charge >= 0.3 is 0 Å². The van der Waals surface area contributed by atoms with Crippen molar-refractivity contribution in [2.75, 3.05) is 0 Å². The van der Waals surface area contributed by atoms with Gasteiger partial charge in [-0.2, -0.15) is 0 Å². The number of amides is 1. The quantitative estimate of drug-likeness (QED) is 0.688. The molecule has 0 saturated carbocycles. The van der Waals surface area contributed by atoms with E-state index in [2.05, 4.69) is 28.5 Å². The maximum atomic E-state index is 12.7. The summed E-state index contributed by atoms with van der Waals surface area (Å²) in [5.74, 6) is -0.195. The first-order chi connectivity index (χ1) is 12.0. The monoisotopic (exact) mass is 334 g/mol. The van der Waals surface area contributed by atoms with Crippen LogP contribution in [0.4, 0.5) is 0 Å². The Morgan fingerprint density at radius 2 is 1.80 bits per heavy atom. The number of carbonyl (C=O) groups is 2. The maximum absolute atomic E-state index is 12.7. The van der Waals surface area contributed by atoms with Gasteiger partial charge < -0.3 is 10.3 Å². The second kappa shape index (κ2) is 6.93. The minimum atomic E-state index is -0.180. The highest BCUT2D eigenvalue weighted by Crippen LogP contribution is 2.21. The van der Waals surface area contributed by atoms with Crippen molar-refractivity contribution < 1.29 is 9.59 Å². The molecule has 128 valence electrons. The summed E-state index contributed by atoms with van der Waals surface area (Å²) < 4.78 is 0. The molecule has 0 saturated heterocycles. The highest BCUT2D eigenvalue weighted by Gasteiger charge is 2.21. The molecular weight excluding hydrogens is 312 g/mol. The molecule has 0 aliphatic carbocycles. The molecule has 0 spiro atoms. The third-order valence-corrected chi connectivity index (χ3v) is 4.54. The third kappa shape index (κ3) is 3.20. The van der Waals surface area contributed by atoms with Crippen molar-refractivity contribution >= 4 is 22.5 Å². The highest BCUT2D eigenvalue weighted by atomic mass is 16.2. The number of rotatable bonds is 5. The molecular formula is C21H22N2O2. The largest absolute Gasteiger partial charge is 0.354 e. The van der Waals surface area contributed by atoms with Gasteiger partial charge in [-0.25, -0.2) is 0 Å². The summed E-state index contributed by atoms with van der Waals surface area (Å²) in [5, 5.41) is 5.26. The zero-order chi connectivity index (χ0) is 18.0. The first kappa shape index (κ1) is 17.0. The SMILES string of the molecule is CCc1c(C(=O)NCc2cccc3ccccc23)[nH]c(C)c1C(C)=O. The normalized spacial score (nSPS) is 10.8. The summed E-state index contributed by atoms with van der Waals surface area (Å²) in [6.07, 6.45) is 0.635. The van der Waals surface area contributed by atoms with Crippen molar-refractivity contribution in [3.8, 4) is 0 Å². The van der Waals surface area contributed by atoms with Gasteiger partial charge in [0.15, 0.2) is 5.78 Å². The van der Waals surface area contributed by atoms with Gasteiger partial charge in [0.25, 0.3) is 5.91 Å². The molecule has 0 fully saturated rings. The van der Waals surface area contributed by atoms with Crippen molar-refractivity contribution in [2.45, 2.75) is 33.7 Å². The van der Waals surface area contributed by atoms with Crippen LogP contribution in [0.2, 0.25) is 0 Å². The van der Waals surface area contributed by atoms with E-state index >= 15 is 0 Å². The van der Waals surface area contributed by atoms with Crippen LogP contribution in [0.3, 0.4) is 0 Å². The molecule has 2 aromatic carbocycles. The second-order valence-corrected chi connectivity index (χ2v) is 6.21. The van der Waals surface area contributed by atoms with E-state index < -0.39 is 0 Å². The van der Waals surface area contributed by atoms with Crippen LogP contribution >= 0.6 is 0 Å². The smallest absolute Gasteiger partial charge is 0.268 e. The lowest BCUT2D eigenvalue weighted by Crippen LogP contribution is -2.24. The Balaban J connectivity index is 1.86. The van der Waals surface area contributed by atoms with Crippen LogP contribution in [0.15, 0.2) is 42.5 Å². The van der Waals surface area contributed by atoms with Crippen LogP contribution < -0.4 is 5.32 Å². The summed E-state index contributed by atoms with van der Waals surface area (Å²) in [7, 11) is 0. The van der Waals surface area contributed by atoms with Gasteiger partial charge in [0, 0.05) is 17.8 Å². The Morgan fingerprint density at radius 3 is 2.52 bits per heavy atom. The Kier molecular flexibility index (Phi) is 4.70. The molecule has 0 radical (unpaired) electrons. The van der Waals surface area contributed by atoms with Crippen molar-refractivity contribution in [1.82, 2.24) is 10.3 Å². The number of hydrogen-bond donors (Lipinski definition) is 2. The number of aromatic amines is 1. The van der Waals surface area contributed by atoms with E-state index in [0.29, 0.717) is 24.2 Å². The molecule has 0 unspecified atom stereocenters. The number of aryl methyl sites for hydroxylation is 1. The molecule has 2 N–H and O–H groups in total. The van der Waals surface area contributed by atoms with Gasteiger partial charge in [-0.1, -0.05) is 49.4 Å². The summed E-state index contributed by atoms with van der Waals surface area (Å²) in [6, 6.07) is 14.2. The van der Waals surface area contributed by atoms with E-state index in [1.165, 1.54) is 6.92 Å². The fraction of sp³-hybridized carbons (Fsp3) is 0.238. The Hall–Kier alpha value is -2.88. The van der Waals surface area contributed by atoms with Crippen LogP contribution in [-0.4, -0.2) is 16.7 Å². The number of aromatic nitrogens is 1. The van der Waals surface area contributed by atoms with E-state index in [0.717, 1.165) is 27.6 Å². The van der Waals surface area contributed by atoms with Gasteiger partial charge in [0.1, 0.15) is 5.69 Å². The number of nitrogens with one attached hydrogen (secondary N) is 2. The fourth-order valence-electron chi connectivity index (χ4n) is 3.41. The predicted octanol–water partition coefficient (Wildman–Crippen LogP) is 4.17. The van der Waals surface area contributed by atoms with Crippen LogP contribution in [-0.2, 0) is 13.0 Å². The van der Waals surface area contributed by atoms with E-state index in [4.69, 9.17) is 0 Å². The number of benzene rings is 2. The lowest BCUT2D eigenvalue weighted by molar-refractivity contribution is 0.0945. The molecule has 0 bridgehead atoms. The maximum Gasteiger partial charge on any atom is 0.268 e. The standard InChI is InChI=1S/C21H22N2O2/c1-4-17-19(14(3)24)13(2)23-20(17)21(25)22-12-16-10-7-9-15-8-5-6-11-18(15)16/h5-11,23H,4,12H2,1-3H3,(H,22,25). The second-order valence-electron chi connectivity index (χ2n) is 6.21. The van der Waals surface area contributed by atoms with Gasteiger partial charge in [-0.15, -0.1) is 0 Å². The number of fused-ring (bicyclic) bond motifs is 1. The lowest BCUT2D eigenvalue weighted by atomic mass is 10.0. The van der Waals surface area contributed by atoms with Crippen LogP contribution in [0.5, 0.6) is 0 Å². The Morgan fingerprint density at radius 1 is 1.08 bits per heavy atom. The van der Waals surface area contributed by atoms with Crippen LogP contribution in [0.25, 0.3) is 10.8 Å². The number of ketones is 1. The highest BCUT2D eigenvalue weighted by molar-refractivity contribution is 6.02. The molecule has 3 aromatic rings. The molecule has 0 atom stereocenters. The summed E-state index contributed by atoms with van der Waals surface area (Å²) in [6.45, 7) is 5.76. The van der Waals surface area contributed by atoms with Gasteiger partial charge in [0.05, 0.1) is 0 Å². The number of H-pyrrole nitrogens is 1. The van der Waals surface area contributed by atoms with E-state index in [1.807, 2.05) is 38.1 Å². The Labute approximate surface area is 147 Å². The predicted molar refractivity (Wildman–Crippen MR) is 100 cm³/mol. The summed E-state index contributed by atoms with van der Waals surface area (Å²) >= 11 is 0.